The Morgan fingerprint density at radius 1 is 0.824 bits per heavy atom. The van der Waals surface area contributed by atoms with Crippen LogP contribution in [0.3, 0.4) is 0 Å². The molecule has 0 spiro atoms. The molecule has 0 heterocycles. The highest BCUT2D eigenvalue weighted by molar-refractivity contribution is 7.80. The van der Waals surface area contributed by atoms with Gasteiger partial charge in [-0.1, -0.05) is 104 Å². The topological polar surface area (TPSA) is 113 Å². The molecule has 0 saturated carbocycles. The maximum absolute atomic E-state index is 11.9. The molecule has 0 aliphatic rings. The molecule has 8 nitrogen and oxygen atoms in total. The van der Waals surface area contributed by atoms with E-state index in [1.165, 1.54) is 83.5 Å². The summed E-state index contributed by atoms with van der Waals surface area (Å²) >= 11 is 0. The van der Waals surface area contributed by atoms with E-state index >= 15 is 0 Å². The summed E-state index contributed by atoms with van der Waals surface area (Å²) < 4.78 is 31.1. The van der Waals surface area contributed by atoms with E-state index < -0.39 is 16.5 Å². The summed E-state index contributed by atoms with van der Waals surface area (Å²) in [6, 6.07) is 0. The van der Waals surface area contributed by atoms with E-state index in [9.17, 15) is 22.9 Å². The van der Waals surface area contributed by atoms with Crippen LogP contribution in [0.2, 0.25) is 0 Å². The number of hydrogen-bond acceptors (Lipinski definition) is 7. The molecular weight excluding hydrogens is 458 g/mol. The summed E-state index contributed by atoms with van der Waals surface area (Å²) in [5.41, 5.74) is 0. The minimum absolute atomic E-state index is 0.104. The quantitative estimate of drug-likeness (QED) is 0.0697. The fourth-order valence-electron chi connectivity index (χ4n) is 3.64. The number of carbonyl (C=O) groups excluding carboxylic acids is 1. The van der Waals surface area contributed by atoms with Crippen LogP contribution in [0.5, 0.6) is 0 Å². The number of likely N-dealkylation sites (N-methyl/N-ethyl adjacent to an activating group) is 1. The Morgan fingerprint density at radius 3 is 1.50 bits per heavy atom. The summed E-state index contributed by atoms with van der Waals surface area (Å²) in [6.45, 7) is 4.65. The van der Waals surface area contributed by atoms with Crippen LogP contribution >= 0.6 is 0 Å². The zero-order valence-corrected chi connectivity index (χ0v) is 23.4. The molecule has 34 heavy (non-hydrogen) atoms. The Kier molecular flexibility index (Phi) is 23.7. The van der Waals surface area contributed by atoms with Gasteiger partial charge in [0.1, 0.15) is 26.7 Å². The van der Waals surface area contributed by atoms with Crippen LogP contribution in [-0.4, -0.2) is 62.5 Å². The second kappa shape index (κ2) is 22.7. The smallest absolute Gasteiger partial charge is 0.366 e. The van der Waals surface area contributed by atoms with Gasteiger partial charge in [0, 0.05) is 0 Å². The minimum atomic E-state index is -4.41. The summed E-state index contributed by atoms with van der Waals surface area (Å²) in [7, 11) is 0.0412. The molecule has 1 atom stereocenters. The van der Waals surface area contributed by atoms with Crippen molar-refractivity contribution in [3.8, 4) is 0 Å². The molecule has 0 amide bonds. The van der Waals surface area contributed by atoms with E-state index in [4.69, 9.17) is 4.84 Å². The van der Waals surface area contributed by atoms with Gasteiger partial charge in [-0.25, -0.2) is 13.2 Å². The molecule has 0 bridgehead atoms. The predicted octanol–water partition coefficient (Wildman–Crippen LogP) is 5.65. The second-order valence-corrected chi connectivity index (χ2v) is 10.7. The summed E-state index contributed by atoms with van der Waals surface area (Å²) in [5.74, 6) is -0.150. The summed E-state index contributed by atoms with van der Waals surface area (Å²) in [5, 5.41) is 9.72. The van der Waals surface area contributed by atoms with Gasteiger partial charge in [0.05, 0.1) is 13.5 Å². The standard InChI is InChI=1S/C24H50NO3.CH4O4S/c1-5-7-8-9-10-11-12-13-14-15-16-17-18-19-20-21-24(27)28-25(3,4)22-23(26)6-2;1-5-6(2,3)4/h23,26H,5-22H2,1-4H3;1H3,(H,2,3,4)/q+1;/p-1. The number of hydroxylamine groups is 3. The number of nitrogens with zero attached hydrogens (tertiary/aromatic N) is 1. The molecule has 0 aromatic heterocycles. The number of hydrogen-bond donors (Lipinski definition) is 1. The third-order valence-corrected chi connectivity index (χ3v) is 6.07. The summed E-state index contributed by atoms with van der Waals surface area (Å²) in [4.78, 5) is 17.4. The van der Waals surface area contributed by atoms with Crippen molar-refractivity contribution in [1.29, 1.82) is 0 Å². The number of aliphatic hydroxyl groups is 1. The zero-order valence-electron chi connectivity index (χ0n) is 22.6. The van der Waals surface area contributed by atoms with E-state index in [2.05, 4.69) is 11.1 Å². The summed E-state index contributed by atoms with van der Waals surface area (Å²) in [6.07, 6.45) is 20.6. The van der Waals surface area contributed by atoms with E-state index in [-0.39, 0.29) is 10.6 Å². The van der Waals surface area contributed by atoms with Gasteiger partial charge in [-0.15, -0.1) is 4.65 Å². The number of unbranched alkanes of at least 4 members (excludes halogenated alkanes) is 14. The molecule has 0 aromatic carbocycles. The van der Waals surface area contributed by atoms with Gasteiger partial charge in [0.25, 0.3) is 0 Å². The van der Waals surface area contributed by atoms with Gasteiger partial charge < -0.3 is 9.66 Å². The van der Waals surface area contributed by atoms with Gasteiger partial charge in [-0.3, -0.25) is 9.02 Å². The number of carbonyl (C=O) groups is 1. The molecule has 0 radical (unpaired) electrons. The monoisotopic (exact) mass is 511 g/mol. The first-order valence-corrected chi connectivity index (χ1v) is 14.6. The molecule has 0 aliphatic heterocycles. The lowest BCUT2D eigenvalue weighted by Crippen LogP contribution is -2.46. The number of aliphatic hydroxyl groups excluding tert-OH is 1. The van der Waals surface area contributed by atoms with Crippen molar-refractivity contribution < 1.29 is 36.5 Å². The molecule has 0 saturated heterocycles. The van der Waals surface area contributed by atoms with Crippen LogP contribution in [0.25, 0.3) is 0 Å². The first-order chi connectivity index (χ1) is 16.0. The van der Waals surface area contributed by atoms with Crippen molar-refractivity contribution in [3.05, 3.63) is 0 Å². The van der Waals surface area contributed by atoms with Crippen molar-refractivity contribution in [2.75, 3.05) is 27.7 Å². The highest BCUT2D eigenvalue weighted by Gasteiger charge is 2.25. The van der Waals surface area contributed by atoms with Gasteiger partial charge in [0.15, 0.2) is 0 Å². The second-order valence-electron chi connectivity index (χ2n) is 9.56. The lowest BCUT2D eigenvalue weighted by Gasteiger charge is -2.27. The molecule has 0 aliphatic carbocycles. The van der Waals surface area contributed by atoms with Gasteiger partial charge in [0.2, 0.25) is 10.4 Å². The lowest BCUT2D eigenvalue weighted by atomic mass is 10.0. The highest BCUT2D eigenvalue weighted by atomic mass is 32.3. The first kappa shape index (κ1) is 35.4. The molecule has 0 aromatic rings. The van der Waals surface area contributed by atoms with Crippen molar-refractivity contribution in [2.24, 2.45) is 0 Å². The van der Waals surface area contributed by atoms with Gasteiger partial charge in [-0.05, 0) is 12.8 Å². The van der Waals surface area contributed by atoms with E-state index in [1.54, 1.807) is 0 Å². The first-order valence-electron chi connectivity index (χ1n) is 13.2. The van der Waals surface area contributed by atoms with Crippen molar-refractivity contribution in [1.82, 2.24) is 0 Å². The minimum Gasteiger partial charge on any atom is -0.726 e. The molecule has 0 fully saturated rings. The molecule has 9 heteroatoms. The van der Waals surface area contributed by atoms with Crippen LogP contribution in [0.1, 0.15) is 123 Å². The predicted molar refractivity (Wildman–Crippen MR) is 136 cm³/mol. The Balaban J connectivity index is 0. The molecular formula is C25H53NO7S. The highest BCUT2D eigenvalue weighted by Crippen LogP contribution is 2.14. The van der Waals surface area contributed by atoms with Crippen LogP contribution in [0.4, 0.5) is 0 Å². The van der Waals surface area contributed by atoms with E-state index in [1.807, 2.05) is 21.0 Å². The zero-order chi connectivity index (χ0) is 26.3. The molecule has 1 unspecified atom stereocenters. The van der Waals surface area contributed by atoms with Crippen LogP contribution < -0.4 is 0 Å². The SMILES string of the molecule is CCCCCCCCCCCCCCCCCC(=O)O[N+](C)(C)CC(O)CC.COS(=O)(=O)[O-]. The fourth-order valence-corrected chi connectivity index (χ4v) is 3.64. The average molecular weight is 512 g/mol. The largest absolute Gasteiger partial charge is 0.726 e. The van der Waals surface area contributed by atoms with Gasteiger partial charge in [-0.2, -0.15) is 0 Å². The number of rotatable bonds is 21. The Bertz CT molecular complexity index is 568. The number of quaternary nitrogens is 1. The van der Waals surface area contributed by atoms with E-state index in [0.717, 1.165) is 20.0 Å². The van der Waals surface area contributed by atoms with Crippen molar-refractivity contribution in [3.63, 3.8) is 0 Å². The van der Waals surface area contributed by atoms with Gasteiger partial charge >= 0.3 is 5.97 Å². The Hall–Kier alpha value is -0.740. The van der Waals surface area contributed by atoms with Crippen LogP contribution in [-0.2, 0) is 24.2 Å². The maximum Gasteiger partial charge on any atom is 0.366 e. The fraction of sp³-hybridized carbons (Fsp3) is 0.960. The van der Waals surface area contributed by atoms with Crippen molar-refractivity contribution >= 4 is 16.4 Å². The third-order valence-electron chi connectivity index (χ3n) is 5.66. The normalized spacial score (nSPS) is 12.7. The van der Waals surface area contributed by atoms with Crippen LogP contribution in [0, 0.1) is 0 Å². The molecule has 0 rings (SSSR count). The molecule has 206 valence electrons. The Labute approximate surface area is 209 Å². The van der Waals surface area contributed by atoms with E-state index in [0.29, 0.717) is 19.4 Å². The average Bonchev–Trinajstić information content (AvgIpc) is 2.75. The third kappa shape index (κ3) is 29.3. The van der Waals surface area contributed by atoms with Crippen molar-refractivity contribution in [2.45, 2.75) is 129 Å². The van der Waals surface area contributed by atoms with Crippen LogP contribution in [0.15, 0.2) is 0 Å². The maximum atomic E-state index is 11.9. The Morgan fingerprint density at radius 2 is 1.18 bits per heavy atom. The molecule has 1 N–H and O–H groups in total. The lowest BCUT2D eigenvalue weighted by molar-refractivity contribution is -1.06.